The van der Waals surface area contributed by atoms with E-state index in [0.717, 1.165) is 73.3 Å². The van der Waals surface area contributed by atoms with Crippen LogP contribution in [0.5, 0.6) is 0 Å². The molecule has 0 unspecified atom stereocenters. The van der Waals surface area contributed by atoms with Gasteiger partial charge in [-0.05, 0) is 95.1 Å². The lowest BCUT2D eigenvalue weighted by molar-refractivity contribution is 0.730. The molecule has 292 valence electrons. The van der Waals surface area contributed by atoms with E-state index in [4.69, 9.17) is 9.97 Å². The summed E-state index contributed by atoms with van der Waals surface area (Å²) in [5, 5.41) is 0. The number of fused-ring (bicyclic) bond motifs is 4. The summed E-state index contributed by atoms with van der Waals surface area (Å²) in [5.74, 6) is 1.83. The number of anilines is 3. The molecule has 0 N–H and O–H groups in total. The molecule has 0 amide bonds. The first-order chi connectivity index (χ1) is 30.8. The molecule has 0 radical (unpaired) electrons. The molecular weight excluding hydrogens is 755 g/mol. The Morgan fingerprint density at radius 3 is 1.13 bits per heavy atom. The largest absolute Gasteiger partial charge is 0.310 e. The van der Waals surface area contributed by atoms with Crippen LogP contribution in [0.15, 0.2) is 237 Å². The van der Waals surface area contributed by atoms with Crippen LogP contribution in [0.4, 0.5) is 17.1 Å². The Balaban J connectivity index is 1.10. The second-order valence-corrected chi connectivity index (χ2v) is 15.8. The van der Waals surface area contributed by atoms with E-state index in [-0.39, 0.29) is 0 Å². The summed E-state index contributed by atoms with van der Waals surface area (Å²) in [6.45, 7) is 0. The predicted octanol–water partition coefficient (Wildman–Crippen LogP) is 13.9. The molecule has 0 aliphatic carbocycles. The lowest BCUT2D eigenvalue weighted by atomic mass is 9.62. The molecule has 0 bridgehead atoms. The molecule has 0 saturated heterocycles. The zero-order valence-corrected chi connectivity index (χ0v) is 33.8. The Morgan fingerprint density at radius 2 is 0.677 bits per heavy atom. The first-order valence-corrected chi connectivity index (χ1v) is 21.1. The minimum Gasteiger partial charge on any atom is -0.310 e. The summed E-state index contributed by atoms with van der Waals surface area (Å²) < 4.78 is 4.57. The summed E-state index contributed by atoms with van der Waals surface area (Å²) >= 11 is 0. The highest BCUT2D eigenvalue weighted by Gasteiger charge is 2.46. The van der Waals surface area contributed by atoms with Gasteiger partial charge in [-0.25, -0.2) is 9.97 Å². The van der Waals surface area contributed by atoms with Crippen molar-refractivity contribution in [2.45, 2.75) is 5.41 Å². The van der Waals surface area contributed by atoms with Gasteiger partial charge in [-0.3, -0.25) is 9.13 Å². The maximum atomic E-state index is 5.15. The minimum absolute atomic E-state index is 0.686. The number of rotatable bonds is 7. The number of para-hydroxylation sites is 7. The van der Waals surface area contributed by atoms with Crippen molar-refractivity contribution < 1.29 is 0 Å². The van der Waals surface area contributed by atoms with Crippen molar-refractivity contribution in [2.75, 3.05) is 4.90 Å². The van der Waals surface area contributed by atoms with Crippen LogP contribution < -0.4 is 4.90 Å². The van der Waals surface area contributed by atoms with E-state index in [2.05, 4.69) is 251 Å². The molecule has 9 aromatic carbocycles. The molecule has 2 aromatic heterocycles. The summed E-state index contributed by atoms with van der Waals surface area (Å²) in [5.41, 5.74) is 15.8. The zero-order chi connectivity index (χ0) is 41.0. The molecule has 0 saturated carbocycles. The normalized spacial score (nSPS) is 12.9. The maximum Gasteiger partial charge on any atom is 0.145 e. The summed E-state index contributed by atoms with van der Waals surface area (Å²) in [6, 6.07) is 84.7. The fraction of sp³-hybridized carbons (Fsp3) is 0.0175. The highest BCUT2D eigenvalue weighted by Crippen LogP contribution is 2.57. The topological polar surface area (TPSA) is 38.9 Å². The van der Waals surface area contributed by atoms with Gasteiger partial charge in [-0.1, -0.05) is 164 Å². The minimum atomic E-state index is -0.686. The monoisotopic (exact) mass is 793 g/mol. The van der Waals surface area contributed by atoms with E-state index in [1.54, 1.807) is 0 Å². The van der Waals surface area contributed by atoms with Crippen LogP contribution in [0.25, 0.3) is 56.2 Å². The van der Waals surface area contributed by atoms with Crippen molar-refractivity contribution >= 4 is 39.1 Å². The van der Waals surface area contributed by atoms with Crippen LogP contribution in [-0.2, 0) is 5.41 Å². The standard InChI is InChI=1S/C57H39N5/c1-4-18-40(19-5-1)55-58-49-26-12-16-30-53(49)61(55)45-36-32-42(33-37-45)57(47-24-10-14-28-51(47)60(44-22-8-3-9-23-44)52-29-15-11-25-48(52)57)43-34-38-46(39-35-43)62-54-31-17-13-27-50(54)59-56(62)41-20-6-2-7-21-41/h1-39H. The van der Waals surface area contributed by atoms with E-state index in [1.807, 2.05) is 0 Å². The third-order valence-corrected chi connectivity index (χ3v) is 12.4. The average Bonchev–Trinajstić information content (AvgIpc) is 3.94. The van der Waals surface area contributed by atoms with Gasteiger partial charge in [0, 0.05) is 28.2 Å². The Hall–Kier alpha value is -8.28. The van der Waals surface area contributed by atoms with Gasteiger partial charge < -0.3 is 4.90 Å². The molecule has 1 aliphatic rings. The van der Waals surface area contributed by atoms with Crippen molar-refractivity contribution in [3.05, 3.63) is 259 Å². The van der Waals surface area contributed by atoms with Crippen LogP contribution in [0, 0.1) is 0 Å². The smallest absolute Gasteiger partial charge is 0.145 e. The molecule has 0 fully saturated rings. The Labute approximate surface area is 360 Å². The third-order valence-electron chi connectivity index (χ3n) is 12.4. The second kappa shape index (κ2) is 14.5. The van der Waals surface area contributed by atoms with Gasteiger partial charge in [-0.15, -0.1) is 0 Å². The van der Waals surface area contributed by atoms with Gasteiger partial charge in [0.25, 0.3) is 0 Å². The van der Waals surface area contributed by atoms with Gasteiger partial charge in [0.1, 0.15) is 11.6 Å². The molecule has 0 atom stereocenters. The number of hydrogen-bond acceptors (Lipinski definition) is 3. The van der Waals surface area contributed by atoms with Gasteiger partial charge in [0.2, 0.25) is 0 Å². The molecule has 3 heterocycles. The van der Waals surface area contributed by atoms with Gasteiger partial charge in [0.15, 0.2) is 0 Å². The summed E-state index contributed by atoms with van der Waals surface area (Å²) in [7, 11) is 0. The van der Waals surface area contributed by atoms with Gasteiger partial charge in [0.05, 0.1) is 38.9 Å². The first kappa shape index (κ1) is 35.6. The maximum absolute atomic E-state index is 5.15. The number of hydrogen-bond donors (Lipinski definition) is 0. The SMILES string of the molecule is c1ccc(-c2nc3ccccc3n2-c2ccc(C3(c4ccc(-n5c(-c6ccccc6)nc6ccccc65)cc4)c4ccccc4N(c4ccccc4)c4ccccc43)cc2)cc1. The van der Waals surface area contributed by atoms with E-state index in [9.17, 15) is 0 Å². The predicted molar refractivity (Wildman–Crippen MR) is 253 cm³/mol. The fourth-order valence-electron chi connectivity index (χ4n) is 9.75. The van der Waals surface area contributed by atoms with Crippen LogP contribution in [-0.4, -0.2) is 19.1 Å². The third kappa shape index (κ3) is 5.49. The van der Waals surface area contributed by atoms with E-state index < -0.39 is 5.41 Å². The van der Waals surface area contributed by atoms with Crippen molar-refractivity contribution in [1.82, 2.24) is 19.1 Å². The number of aromatic nitrogens is 4. The zero-order valence-electron chi connectivity index (χ0n) is 33.8. The quantitative estimate of drug-likeness (QED) is 0.161. The molecule has 5 heteroatoms. The molecule has 11 aromatic rings. The number of imidazole rings is 2. The second-order valence-electron chi connectivity index (χ2n) is 15.8. The van der Waals surface area contributed by atoms with Crippen molar-refractivity contribution in [2.24, 2.45) is 0 Å². The lowest BCUT2D eigenvalue weighted by Gasteiger charge is -2.46. The first-order valence-electron chi connectivity index (χ1n) is 21.1. The van der Waals surface area contributed by atoms with Crippen molar-refractivity contribution in [3.8, 4) is 34.2 Å². The molecule has 62 heavy (non-hydrogen) atoms. The summed E-state index contributed by atoms with van der Waals surface area (Å²) in [6.07, 6.45) is 0. The van der Waals surface area contributed by atoms with Crippen molar-refractivity contribution in [1.29, 1.82) is 0 Å². The molecule has 0 spiro atoms. The van der Waals surface area contributed by atoms with E-state index >= 15 is 0 Å². The van der Waals surface area contributed by atoms with Crippen LogP contribution in [0.1, 0.15) is 22.3 Å². The molecular formula is C57H39N5. The van der Waals surface area contributed by atoms with Crippen LogP contribution >= 0.6 is 0 Å². The van der Waals surface area contributed by atoms with Crippen LogP contribution in [0.3, 0.4) is 0 Å². The fourth-order valence-corrected chi connectivity index (χ4v) is 9.75. The highest BCUT2D eigenvalue weighted by atomic mass is 15.2. The van der Waals surface area contributed by atoms with E-state index in [0.29, 0.717) is 0 Å². The number of benzene rings is 9. The van der Waals surface area contributed by atoms with E-state index in [1.165, 1.54) is 22.3 Å². The highest BCUT2D eigenvalue weighted by molar-refractivity contribution is 5.90. The van der Waals surface area contributed by atoms with Crippen LogP contribution in [0.2, 0.25) is 0 Å². The molecule has 5 nitrogen and oxygen atoms in total. The number of nitrogens with zero attached hydrogens (tertiary/aromatic N) is 5. The summed E-state index contributed by atoms with van der Waals surface area (Å²) in [4.78, 5) is 12.7. The molecule has 1 aliphatic heterocycles. The average molecular weight is 794 g/mol. The van der Waals surface area contributed by atoms with Crippen molar-refractivity contribution in [3.63, 3.8) is 0 Å². The lowest BCUT2D eigenvalue weighted by Crippen LogP contribution is -2.37. The Kier molecular flexibility index (Phi) is 8.32. The molecule has 12 rings (SSSR count). The van der Waals surface area contributed by atoms with Gasteiger partial charge in [-0.2, -0.15) is 0 Å². The Bertz CT molecular complexity index is 3180. The Morgan fingerprint density at radius 1 is 0.306 bits per heavy atom. The van der Waals surface area contributed by atoms with Gasteiger partial charge >= 0.3 is 0 Å².